The van der Waals surface area contributed by atoms with E-state index < -0.39 is 5.91 Å². The van der Waals surface area contributed by atoms with Gasteiger partial charge in [-0.25, -0.2) is 10.4 Å². The third-order valence-electron chi connectivity index (χ3n) is 5.30. The first-order valence-electron chi connectivity index (χ1n) is 10.6. The van der Waals surface area contributed by atoms with E-state index in [9.17, 15) is 9.59 Å². The highest BCUT2D eigenvalue weighted by atomic mass is 32.1. The van der Waals surface area contributed by atoms with E-state index in [1.165, 1.54) is 28.4 Å². The number of nitrogens with one attached hydrogen (secondary N) is 1. The first-order chi connectivity index (χ1) is 16.5. The molecule has 9 heteroatoms. The molecule has 0 spiro atoms. The molecule has 0 unspecified atom stereocenters. The van der Waals surface area contributed by atoms with Crippen molar-refractivity contribution >= 4 is 33.7 Å². The number of aromatic nitrogens is 2. The molecule has 8 nitrogen and oxygen atoms in total. The molecule has 0 radical (unpaired) electrons. The zero-order valence-electron chi connectivity index (χ0n) is 19.1. The number of hydrazone groups is 1. The molecule has 4 rings (SSSR count). The number of amides is 1. The van der Waals surface area contributed by atoms with Crippen molar-refractivity contribution < 1.29 is 14.3 Å². The molecule has 0 atom stereocenters. The highest BCUT2D eigenvalue weighted by Gasteiger charge is 2.13. The maximum absolute atomic E-state index is 12.7. The van der Waals surface area contributed by atoms with Crippen molar-refractivity contribution in [3.05, 3.63) is 86.8 Å². The van der Waals surface area contributed by atoms with Crippen LogP contribution in [0.25, 0.3) is 10.2 Å². The van der Waals surface area contributed by atoms with Gasteiger partial charge in [-0.1, -0.05) is 30.3 Å². The summed E-state index contributed by atoms with van der Waals surface area (Å²) in [5.74, 6) is 0.728. The molecule has 2 aromatic carbocycles. The first kappa shape index (κ1) is 23.2. The second kappa shape index (κ2) is 10.3. The van der Waals surface area contributed by atoms with Crippen LogP contribution in [0.15, 0.2) is 64.8 Å². The number of benzene rings is 2. The van der Waals surface area contributed by atoms with Crippen molar-refractivity contribution in [3.8, 4) is 11.5 Å². The van der Waals surface area contributed by atoms with Gasteiger partial charge in [0, 0.05) is 4.88 Å². The fourth-order valence-corrected chi connectivity index (χ4v) is 4.36. The minimum Gasteiger partial charge on any atom is -0.493 e. The lowest BCUT2D eigenvalue weighted by molar-refractivity contribution is -0.121. The maximum atomic E-state index is 12.7. The van der Waals surface area contributed by atoms with Crippen molar-refractivity contribution in [2.75, 3.05) is 7.11 Å². The van der Waals surface area contributed by atoms with E-state index in [1.54, 1.807) is 19.2 Å². The molecule has 0 aliphatic carbocycles. The number of fused-ring (bicyclic) bond motifs is 1. The lowest BCUT2D eigenvalue weighted by Gasteiger charge is -2.11. The molecule has 0 aliphatic rings. The minimum absolute atomic E-state index is 0.178. The summed E-state index contributed by atoms with van der Waals surface area (Å²) in [5, 5.41) is 4.55. The molecule has 0 fully saturated rings. The number of carbonyl (C=O) groups excluding carboxylic acids is 1. The van der Waals surface area contributed by atoms with Crippen LogP contribution in [0.1, 0.15) is 21.6 Å². The summed E-state index contributed by atoms with van der Waals surface area (Å²) in [6, 6.07) is 15.2. The van der Waals surface area contributed by atoms with Gasteiger partial charge >= 0.3 is 0 Å². The van der Waals surface area contributed by atoms with Crippen molar-refractivity contribution in [3.63, 3.8) is 0 Å². The number of hydrogen-bond acceptors (Lipinski definition) is 7. The lowest BCUT2D eigenvalue weighted by atomic mass is 10.2. The largest absolute Gasteiger partial charge is 0.493 e. The second-order valence-electron chi connectivity index (χ2n) is 7.62. The Morgan fingerprint density at radius 3 is 2.74 bits per heavy atom. The van der Waals surface area contributed by atoms with E-state index >= 15 is 0 Å². The minimum atomic E-state index is -0.432. The predicted octanol–water partition coefficient (Wildman–Crippen LogP) is 3.81. The topological polar surface area (TPSA) is 94.8 Å². The summed E-state index contributed by atoms with van der Waals surface area (Å²) in [5.41, 5.74) is 4.88. The van der Waals surface area contributed by atoms with Crippen molar-refractivity contribution in [2.24, 2.45) is 5.10 Å². The van der Waals surface area contributed by atoms with E-state index in [1.807, 2.05) is 50.2 Å². The first-order valence-corrected chi connectivity index (χ1v) is 11.4. The molecular weight excluding hydrogens is 452 g/mol. The molecule has 2 aromatic heterocycles. The van der Waals surface area contributed by atoms with Crippen LogP contribution in [0.2, 0.25) is 0 Å². The van der Waals surface area contributed by atoms with Gasteiger partial charge in [0.1, 0.15) is 18.0 Å². The van der Waals surface area contributed by atoms with Crippen LogP contribution in [0.3, 0.4) is 0 Å². The summed E-state index contributed by atoms with van der Waals surface area (Å²) < 4.78 is 12.6. The van der Waals surface area contributed by atoms with Crippen LogP contribution < -0.4 is 20.5 Å². The second-order valence-corrected chi connectivity index (χ2v) is 8.82. The van der Waals surface area contributed by atoms with Gasteiger partial charge < -0.3 is 9.47 Å². The lowest BCUT2D eigenvalue weighted by Crippen LogP contribution is -2.30. The summed E-state index contributed by atoms with van der Waals surface area (Å²) in [4.78, 5) is 31.1. The Labute approximate surface area is 200 Å². The van der Waals surface area contributed by atoms with E-state index in [4.69, 9.17) is 9.47 Å². The predicted molar refractivity (Wildman–Crippen MR) is 133 cm³/mol. The third kappa shape index (κ3) is 5.15. The molecule has 174 valence electrons. The fraction of sp³-hybridized carbons (Fsp3) is 0.200. The summed E-state index contributed by atoms with van der Waals surface area (Å²) in [7, 11) is 1.56. The number of thiophene rings is 1. The van der Waals surface area contributed by atoms with Crippen LogP contribution in [0.5, 0.6) is 11.5 Å². The average Bonchev–Trinajstić information content (AvgIpc) is 3.14. The Hall–Kier alpha value is -3.98. The Bertz CT molecular complexity index is 1410. The summed E-state index contributed by atoms with van der Waals surface area (Å²) in [6.45, 7) is 4.08. The normalized spacial score (nSPS) is 11.1. The monoisotopic (exact) mass is 476 g/mol. The van der Waals surface area contributed by atoms with Crippen molar-refractivity contribution in [1.82, 2.24) is 15.0 Å². The molecule has 0 bridgehead atoms. The van der Waals surface area contributed by atoms with Gasteiger partial charge in [-0.15, -0.1) is 11.3 Å². The van der Waals surface area contributed by atoms with Gasteiger partial charge in [0.2, 0.25) is 0 Å². The number of carbonyl (C=O) groups is 1. The van der Waals surface area contributed by atoms with Crippen LogP contribution in [-0.4, -0.2) is 28.8 Å². The zero-order valence-corrected chi connectivity index (χ0v) is 19.9. The third-order valence-corrected chi connectivity index (χ3v) is 6.41. The fourth-order valence-electron chi connectivity index (χ4n) is 3.37. The molecule has 0 saturated heterocycles. The van der Waals surface area contributed by atoms with E-state index in [2.05, 4.69) is 15.5 Å². The van der Waals surface area contributed by atoms with Crippen LogP contribution in [0.4, 0.5) is 0 Å². The summed E-state index contributed by atoms with van der Waals surface area (Å²) >= 11 is 1.47. The van der Waals surface area contributed by atoms with Crippen LogP contribution in [-0.2, 0) is 17.9 Å². The number of hydrogen-bond donors (Lipinski definition) is 1. The highest BCUT2D eigenvalue weighted by molar-refractivity contribution is 7.18. The Kier molecular flexibility index (Phi) is 7.03. The van der Waals surface area contributed by atoms with Gasteiger partial charge in [0.15, 0.2) is 11.5 Å². The zero-order chi connectivity index (χ0) is 24.1. The number of rotatable bonds is 8. The molecule has 1 amide bonds. The van der Waals surface area contributed by atoms with Gasteiger partial charge in [-0.2, -0.15) is 5.10 Å². The molecule has 4 aromatic rings. The van der Waals surface area contributed by atoms with E-state index in [0.29, 0.717) is 33.9 Å². The molecule has 2 heterocycles. The quantitative estimate of drug-likeness (QED) is 0.308. The van der Waals surface area contributed by atoms with Crippen LogP contribution >= 0.6 is 11.3 Å². The van der Waals surface area contributed by atoms with E-state index in [0.717, 1.165) is 16.0 Å². The van der Waals surface area contributed by atoms with Crippen molar-refractivity contribution in [2.45, 2.75) is 27.0 Å². The van der Waals surface area contributed by atoms with Crippen LogP contribution in [0, 0.1) is 13.8 Å². The van der Waals surface area contributed by atoms with Crippen molar-refractivity contribution in [1.29, 1.82) is 0 Å². The summed E-state index contributed by atoms with van der Waals surface area (Å²) in [6.07, 6.45) is 2.89. The molecule has 34 heavy (non-hydrogen) atoms. The number of aryl methyl sites for hydroxylation is 2. The SMILES string of the molecule is COc1cc(/C=N/NC(=O)Cn2cnc3sc(C)c(C)c3c2=O)ccc1OCc1ccccc1. The molecule has 0 saturated carbocycles. The standard InChI is InChI=1S/C25H24N4O4S/c1-16-17(2)34-24-23(16)25(31)29(15-26-24)13-22(30)28-27-12-19-9-10-20(21(11-19)32-3)33-14-18-7-5-4-6-8-18/h4-12,15H,13-14H2,1-3H3,(H,28,30)/b27-12+. The number of ether oxygens (including phenoxy) is 2. The Morgan fingerprint density at radius 2 is 1.97 bits per heavy atom. The maximum Gasteiger partial charge on any atom is 0.262 e. The van der Waals surface area contributed by atoms with Gasteiger partial charge in [0.25, 0.3) is 11.5 Å². The Balaban J connectivity index is 1.38. The highest BCUT2D eigenvalue weighted by Crippen LogP contribution is 2.28. The van der Waals surface area contributed by atoms with Gasteiger partial charge in [-0.3, -0.25) is 14.2 Å². The number of nitrogens with zero attached hydrogens (tertiary/aromatic N) is 3. The molecular formula is C25H24N4O4S. The smallest absolute Gasteiger partial charge is 0.262 e. The molecule has 1 N–H and O–H groups in total. The van der Waals surface area contributed by atoms with E-state index in [-0.39, 0.29) is 12.1 Å². The van der Waals surface area contributed by atoms with Gasteiger partial charge in [-0.05, 0) is 48.7 Å². The van der Waals surface area contributed by atoms with Gasteiger partial charge in [0.05, 0.1) is 25.0 Å². The number of methoxy groups -OCH3 is 1. The Morgan fingerprint density at radius 1 is 1.18 bits per heavy atom. The molecule has 0 aliphatic heterocycles. The average molecular weight is 477 g/mol.